The number of carbonyl (C=O) groups is 1. The fourth-order valence-corrected chi connectivity index (χ4v) is 3.32. The summed E-state index contributed by atoms with van der Waals surface area (Å²) in [7, 11) is 1.45. The van der Waals surface area contributed by atoms with Crippen LogP contribution in [-0.2, 0) is 10.9 Å². The summed E-state index contributed by atoms with van der Waals surface area (Å²) in [5, 5.41) is 13.8. The number of thiazole rings is 1. The lowest BCUT2D eigenvalue weighted by Gasteiger charge is -2.10. The van der Waals surface area contributed by atoms with Crippen LogP contribution in [0, 0.1) is 0 Å². The number of aliphatic hydroxyl groups excluding tert-OH is 1. The summed E-state index contributed by atoms with van der Waals surface area (Å²) in [6.45, 7) is 0.132. The van der Waals surface area contributed by atoms with Crippen molar-refractivity contribution in [1.29, 1.82) is 0 Å². The van der Waals surface area contributed by atoms with Crippen LogP contribution in [0.1, 0.15) is 16.1 Å². The molecule has 10 heteroatoms. The number of amides is 1. The number of alkyl halides is 3. The van der Waals surface area contributed by atoms with Gasteiger partial charge >= 0.3 is 6.18 Å². The minimum atomic E-state index is -4.40. The molecule has 1 atom stereocenters. The van der Waals surface area contributed by atoms with Crippen molar-refractivity contribution >= 4 is 22.2 Å². The van der Waals surface area contributed by atoms with Crippen molar-refractivity contribution in [2.24, 2.45) is 0 Å². The SMILES string of the molecule is COC[C@H](O)CNC(=O)c1csc2nc(-c3ccc(C(F)(F)F)cc3)cn12. The Morgan fingerprint density at radius 3 is 2.70 bits per heavy atom. The summed E-state index contributed by atoms with van der Waals surface area (Å²) in [6, 6.07) is 4.67. The molecule has 0 bridgehead atoms. The molecule has 144 valence electrons. The number of imidazole rings is 1. The minimum Gasteiger partial charge on any atom is -0.389 e. The van der Waals surface area contributed by atoms with E-state index in [1.54, 1.807) is 16.0 Å². The Morgan fingerprint density at radius 2 is 2.07 bits per heavy atom. The van der Waals surface area contributed by atoms with E-state index in [4.69, 9.17) is 4.74 Å². The van der Waals surface area contributed by atoms with Gasteiger partial charge in [0.25, 0.3) is 5.91 Å². The standard InChI is InChI=1S/C17H16F3N3O3S/c1-26-8-12(24)6-21-15(25)14-9-27-16-22-13(7-23(14)16)10-2-4-11(5-3-10)17(18,19)20/h2-5,7,9,12,24H,6,8H2,1H3,(H,21,25)/t12-/m1/s1. The third kappa shape index (κ3) is 4.29. The molecule has 1 aromatic carbocycles. The highest BCUT2D eigenvalue weighted by atomic mass is 32.1. The van der Waals surface area contributed by atoms with Crippen LogP contribution in [-0.4, -0.2) is 46.8 Å². The van der Waals surface area contributed by atoms with Gasteiger partial charge in [-0.15, -0.1) is 11.3 Å². The molecule has 0 saturated carbocycles. The lowest BCUT2D eigenvalue weighted by molar-refractivity contribution is -0.137. The Labute approximate surface area is 156 Å². The van der Waals surface area contributed by atoms with Gasteiger partial charge in [-0.25, -0.2) is 4.98 Å². The van der Waals surface area contributed by atoms with E-state index in [9.17, 15) is 23.1 Å². The molecule has 2 aromatic heterocycles. The summed E-state index contributed by atoms with van der Waals surface area (Å²) >= 11 is 1.23. The Balaban J connectivity index is 1.80. The number of fused-ring (bicyclic) bond motifs is 1. The average Bonchev–Trinajstić information content (AvgIpc) is 3.20. The number of benzene rings is 1. The lowest BCUT2D eigenvalue weighted by atomic mass is 10.1. The van der Waals surface area contributed by atoms with Crippen molar-refractivity contribution in [3.8, 4) is 11.3 Å². The lowest BCUT2D eigenvalue weighted by Crippen LogP contribution is -2.34. The topological polar surface area (TPSA) is 75.9 Å². The van der Waals surface area contributed by atoms with Gasteiger partial charge in [0.05, 0.1) is 24.0 Å². The molecule has 0 spiro atoms. The van der Waals surface area contributed by atoms with Crippen LogP contribution in [0.4, 0.5) is 13.2 Å². The Bertz CT molecular complexity index is 934. The van der Waals surface area contributed by atoms with Gasteiger partial charge in [-0.1, -0.05) is 12.1 Å². The number of hydrogen-bond acceptors (Lipinski definition) is 5. The molecule has 1 amide bonds. The Kier molecular flexibility index (Phi) is 5.49. The molecule has 3 rings (SSSR count). The minimum absolute atomic E-state index is 0.0322. The smallest absolute Gasteiger partial charge is 0.389 e. The van der Waals surface area contributed by atoms with E-state index in [1.165, 1.54) is 30.6 Å². The van der Waals surface area contributed by atoms with E-state index in [0.29, 0.717) is 21.9 Å². The van der Waals surface area contributed by atoms with Crippen molar-refractivity contribution in [3.05, 3.63) is 47.1 Å². The van der Waals surface area contributed by atoms with E-state index in [0.717, 1.165) is 12.1 Å². The van der Waals surface area contributed by atoms with E-state index in [-0.39, 0.29) is 13.2 Å². The Hall–Kier alpha value is -2.43. The quantitative estimate of drug-likeness (QED) is 0.668. The number of nitrogens with zero attached hydrogens (tertiary/aromatic N) is 2. The van der Waals surface area contributed by atoms with Crippen molar-refractivity contribution in [2.45, 2.75) is 12.3 Å². The molecule has 0 unspecified atom stereocenters. The summed E-state index contributed by atoms with van der Waals surface area (Å²) in [6.07, 6.45) is -3.63. The van der Waals surface area contributed by atoms with Gasteiger partial charge in [0.1, 0.15) is 5.69 Å². The first kappa shape index (κ1) is 19.3. The van der Waals surface area contributed by atoms with Crippen LogP contribution in [0.5, 0.6) is 0 Å². The maximum absolute atomic E-state index is 12.7. The van der Waals surface area contributed by atoms with Crippen molar-refractivity contribution in [2.75, 3.05) is 20.3 Å². The second-order valence-corrected chi connectivity index (χ2v) is 6.63. The Morgan fingerprint density at radius 1 is 1.37 bits per heavy atom. The third-order valence-corrected chi connectivity index (χ3v) is 4.65. The maximum Gasteiger partial charge on any atom is 0.416 e. The molecule has 0 aliphatic carbocycles. The molecular formula is C17H16F3N3O3S. The normalized spacial score (nSPS) is 13.1. The maximum atomic E-state index is 12.7. The molecule has 6 nitrogen and oxygen atoms in total. The summed E-state index contributed by atoms with van der Waals surface area (Å²) < 4.78 is 44.4. The average molecular weight is 399 g/mol. The largest absolute Gasteiger partial charge is 0.416 e. The van der Waals surface area contributed by atoms with Crippen LogP contribution in [0.25, 0.3) is 16.2 Å². The van der Waals surface area contributed by atoms with Gasteiger partial charge in [-0.2, -0.15) is 13.2 Å². The van der Waals surface area contributed by atoms with Gasteiger partial charge < -0.3 is 15.2 Å². The van der Waals surface area contributed by atoms with Gasteiger partial charge in [0.2, 0.25) is 0 Å². The number of aliphatic hydroxyl groups is 1. The highest BCUT2D eigenvalue weighted by Gasteiger charge is 2.30. The highest BCUT2D eigenvalue weighted by Crippen LogP contribution is 2.31. The molecule has 0 fully saturated rings. The molecule has 0 saturated heterocycles. The molecule has 0 radical (unpaired) electrons. The monoisotopic (exact) mass is 399 g/mol. The number of nitrogens with one attached hydrogen (secondary N) is 1. The molecule has 27 heavy (non-hydrogen) atoms. The predicted octanol–water partition coefficient (Wildman–Crippen LogP) is 2.82. The van der Waals surface area contributed by atoms with Crippen LogP contribution < -0.4 is 5.32 Å². The number of aromatic nitrogens is 2. The zero-order chi connectivity index (χ0) is 19.6. The number of methoxy groups -OCH3 is 1. The van der Waals surface area contributed by atoms with Crippen LogP contribution >= 0.6 is 11.3 Å². The summed E-state index contributed by atoms with van der Waals surface area (Å²) in [5.74, 6) is -0.396. The summed E-state index contributed by atoms with van der Waals surface area (Å²) in [4.78, 5) is 17.2. The van der Waals surface area contributed by atoms with Gasteiger partial charge in [-0.3, -0.25) is 9.20 Å². The first-order valence-corrected chi connectivity index (χ1v) is 8.77. The highest BCUT2D eigenvalue weighted by molar-refractivity contribution is 7.15. The molecule has 3 aromatic rings. The molecule has 0 aliphatic rings. The van der Waals surface area contributed by atoms with Crippen LogP contribution in [0.2, 0.25) is 0 Å². The van der Waals surface area contributed by atoms with Crippen molar-refractivity contribution in [3.63, 3.8) is 0 Å². The third-order valence-electron chi connectivity index (χ3n) is 3.81. The fraction of sp³-hybridized carbons (Fsp3) is 0.294. The number of rotatable bonds is 6. The molecule has 0 aliphatic heterocycles. The number of carbonyl (C=O) groups excluding carboxylic acids is 1. The van der Waals surface area contributed by atoms with Gasteiger partial charge in [0.15, 0.2) is 4.96 Å². The van der Waals surface area contributed by atoms with E-state index >= 15 is 0 Å². The molecule has 2 N–H and O–H groups in total. The first-order chi connectivity index (χ1) is 12.8. The van der Waals surface area contributed by atoms with Gasteiger partial charge in [0, 0.05) is 30.8 Å². The number of hydrogen-bond donors (Lipinski definition) is 2. The second kappa shape index (κ2) is 7.67. The van der Waals surface area contributed by atoms with E-state index < -0.39 is 23.8 Å². The van der Waals surface area contributed by atoms with Crippen LogP contribution in [0.15, 0.2) is 35.8 Å². The number of ether oxygens (including phenoxy) is 1. The first-order valence-electron chi connectivity index (χ1n) is 7.89. The van der Waals surface area contributed by atoms with E-state index in [2.05, 4.69) is 10.3 Å². The van der Waals surface area contributed by atoms with Gasteiger partial charge in [-0.05, 0) is 12.1 Å². The molecular weight excluding hydrogens is 383 g/mol. The predicted molar refractivity (Wildman–Crippen MR) is 93.7 cm³/mol. The zero-order valence-corrected chi connectivity index (χ0v) is 15.0. The zero-order valence-electron chi connectivity index (χ0n) is 14.2. The van der Waals surface area contributed by atoms with E-state index in [1.807, 2.05) is 0 Å². The fourth-order valence-electron chi connectivity index (χ4n) is 2.47. The summed E-state index contributed by atoms with van der Waals surface area (Å²) in [5.41, 5.74) is 0.567. The van der Waals surface area contributed by atoms with Crippen LogP contribution in [0.3, 0.4) is 0 Å². The molecule has 2 heterocycles. The van der Waals surface area contributed by atoms with Crippen molar-refractivity contribution < 1.29 is 27.8 Å². The second-order valence-electron chi connectivity index (χ2n) is 5.79. The van der Waals surface area contributed by atoms with Crippen molar-refractivity contribution in [1.82, 2.24) is 14.7 Å². The number of halogens is 3.